The highest BCUT2D eigenvalue weighted by Crippen LogP contribution is 2.31. The zero-order valence-electron chi connectivity index (χ0n) is 17.0. The monoisotopic (exact) mass is 451 g/mol. The highest BCUT2D eigenvalue weighted by Gasteiger charge is 2.25. The number of aliphatic imine (C=N–C) groups is 1. The van der Waals surface area contributed by atoms with Gasteiger partial charge in [0.05, 0.1) is 11.4 Å². The maximum absolute atomic E-state index is 12.3. The third kappa shape index (κ3) is 4.57. The van der Waals surface area contributed by atoms with Gasteiger partial charge in [-0.15, -0.1) is 11.3 Å². The lowest BCUT2D eigenvalue weighted by Crippen LogP contribution is -2.22. The maximum atomic E-state index is 12.3. The van der Waals surface area contributed by atoms with E-state index in [1.165, 1.54) is 23.2 Å². The summed E-state index contributed by atoms with van der Waals surface area (Å²) in [6.07, 6.45) is 1.55. The Labute approximate surface area is 188 Å². The minimum atomic E-state index is -0.540. The molecule has 4 rings (SSSR count). The molecule has 3 aromatic rings. The van der Waals surface area contributed by atoms with Crippen LogP contribution in [0.3, 0.4) is 0 Å². The van der Waals surface area contributed by atoms with E-state index in [-0.39, 0.29) is 17.5 Å². The number of ether oxygens (including phenoxy) is 1. The van der Waals surface area contributed by atoms with E-state index >= 15 is 0 Å². The number of amides is 1. The minimum Gasteiger partial charge on any atom is -0.402 e. The van der Waals surface area contributed by atoms with Gasteiger partial charge in [0.2, 0.25) is 11.8 Å². The number of esters is 1. The van der Waals surface area contributed by atoms with Gasteiger partial charge in [-0.2, -0.15) is 0 Å². The fraction of sp³-hybridized carbons (Fsp3) is 0.130. The molecular formula is C23H18ClN3O3S. The molecule has 1 amide bonds. The second kappa shape index (κ2) is 8.45. The first-order chi connectivity index (χ1) is 14.8. The molecule has 0 radical (unpaired) electrons. The van der Waals surface area contributed by atoms with Gasteiger partial charge in [-0.3, -0.25) is 9.69 Å². The van der Waals surface area contributed by atoms with Crippen LogP contribution in [0.4, 0.5) is 10.8 Å². The second-order valence-electron chi connectivity index (χ2n) is 7.10. The predicted octanol–water partition coefficient (Wildman–Crippen LogP) is 5.44. The number of halogens is 1. The van der Waals surface area contributed by atoms with Crippen molar-refractivity contribution >= 4 is 57.6 Å². The number of rotatable bonds is 4. The van der Waals surface area contributed by atoms with Gasteiger partial charge in [-0.05, 0) is 50.3 Å². The molecule has 1 aliphatic rings. The molecule has 6 nitrogen and oxygen atoms in total. The van der Waals surface area contributed by atoms with Crippen LogP contribution in [0.1, 0.15) is 29.3 Å². The average Bonchev–Trinajstić information content (AvgIpc) is 3.28. The van der Waals surface area contributed by atoms with Crippen LogP contribution in [-0.2, 0) is 14.3 Å². The first-order valence-corrected chi connectivity index (χ1v) is 10.7. The van der Waals surface area contributed by atoms with E-state index in [4.69, 9.17) is 16.3 Å². The summed E-state index contributed by atoms with van der Waals surface area (Å²) in [4.78, 5) is 34.9. The molecule has 2 heterocycles. The van der Waals surface area contributed by atoms with Crippen molar-refractivity contribution in [3.63, 3.8) is 0 Å². The molecule has 1 aliphatic heterocycles. The molecule has 0 spiro atoms. The summed E-state index contributed by atoms with van der Waals surface area (Å²) in [5.74, 6) is -0.476. The molecule has 1 aromatic heterocycles. The van der Waals surface area contributed by atoms with Crippen molar-refractivity contribution in [1.82, 2.24) is 4.98 Å². The van der Waals surface area contributed by atoms with Crippen molar-refractivity contribution in [2.45, 2.75) is 20.8 Å². The van der Waals surface area contributed by atoms with Crippen LogP contribution < -0.4 is 4.90 Å². The Morgan fingerprint density at radius 1 is 1.16 bits per heavy atom. The number of nitrogens with zero attached hydrogens (tertiary/aromatic N) is 3. The van der Waals surface area contributed by atoms with Crippen molar-refractivity contribution in [2.24, 2.45) is 4.99 Å². The molecule has 0 bridgehead atoms. The molecular weight excluding hydrogens is 434 g/mol. The predicted molar refractivity (Wildman–Crippen MR) is 123 cm³/mol. The second-order valence-corrected chi connectivity index (χ2v) is 8.37. The Morgan fingerprint density at radius 3 is 2.58 bits per heavy atom. The van der Waals surface area contributed by atoms with Crippen molar-refractivity contribution < 1.29 is 14.3 Å². The summed E-state index contributed by atoms with van der Waals surface area (Å²) < 4.78 is 5.36. The van der Waals surface area contributed by atoms with Gasteiger partial charge in [-0.1, -0.05) is 34.9 Å². The van der Waals surface area contributed by atoms with Gasteiger partial charge in [0.1, 0.15) is 0 Å². The summed E-state index contributed by atoms with van der Waals surface area (Å²) in [5, 5.41) is 2.73. The van der Waals surface area contributed by atoms with E-state index in [2.05, 4.69) is 9.98 Å². The van der Waals surface area contributed by atoms with E-state index in [1.54, 1.807) is 35.7 Å². The fourth-order valence-corrected chi connectivity index (χ4v) is 4.29. The Balaban J connectivity index is 1.65. The van der Waals surface area contributed by atoms with Crippen molar-refractivity contribution in [3.05, 3.63) is 80.9 Å². The summed E-state index contributed by atoms with van der Waals surface area (Å²) in [6.45, 7) is 5.40. The largest absolute Gasteiger partial charge is 0.402 e. The highest BCUT2D eigenvalue weighted by molar-refractivity contribution is 7.14. The van der Waals surface area contributed by atoms with Crippen molar-refractivity contribution in [3.8, 4) is 0 Å². The number of carbonyl (C=O) groups is 2. The van der Waals surface area contributed by atoms with Crippen LogP contribution in [0, 0.1) is 13.8 Å². The molecule has 156 valence electrons. The maximum Gasteiger partial charge on any atom is 0.363 e. The highest BCUT2D eigenvalue weighted by atomic mass is 35.5. The van der Waals surface area contributed by atoms with Crippen LogP contribution in [0.15, 0.2) is 58.5 Å². The number of aryl methyl sites for hydroxylation is 2. The van der Waals surface area contributed by atoms with Crippen LogP contribution >= 0.6 is 22.9 Å². The first-order valence-electron chi connectivity index (χ1n) is 9.43. The lowest BCUT2D eigenvalue weighted by Gasteiger charge is -2.18. The zero-order valence-corrected chi connectivity index (χ0v) is 18.6. The molecule has 0 unspecified atom stereocenters. The number of benzene rings is 2. The van der Waals surface area contributed by atoms with E-state index < -0.39 is 5.97 Å². The van der Waals surface area contributed by atoms with Gasteiger partial charge in [-0.25, -0.2) is 14.8 Å². The molecule has 0 N–H and O–H groups in total. The molecule has 8 heteroatoms. The third-order valence-corrected chi connectivity index (χ3v) is 5.54. The number of hydrogen-bond donors (Lipinski definition) is 0. The van der Waals surface area contributed by atoms with Crippen molar-refractivity contribution in [1.29, 1.82) is 0 Å². The summed E-state index contributed by atoms with van der Waals surface area (Å²) in [5.41, 5.74) is 4.14. The van der Waals surface area contributed by atoms with Gasteiger partial charge in [0.25, 0.3) is 0 Å². The molecule has 2 aromatic carbocycles. The number of hydrogen-bond acceptors (Lipinski definition) is 6. The molecule has 0 aliphatic carbocycles. The average molecular weight is 452 g/mol. The van der Waals surface area contributed by atoms with Crippen LogP contribution in [0.5, 0.6) is 0 Å². The Kier molecular flexibility index (Phi) is 5.71. The standard InChI is InChI=1S/C23H18ClN3O3S/c1-13-7-14(2)9-16(8-13)21-26-20(22(29)30-21)11-18-12-31-23(25-18)27(15(3)28)19-6-4-5-17(24)10-19/h4-12H,1-3H3/b20-11-. The quantitative estimate of drug-likeness (QED) is 0.391. The molecule has 0 saturated heterocycles. The number of anilines is 2. The SMILES string of the molecule is CC(=O)N(c1cccc(Cl)c1)c1nc(/C=C2\N=C(c3cc(C)cc(C)c3)OC2=O)cs1. The number of aromatic nitrogens is 1. The van der Waals surface area contributed by atoms with E-state index in [0.29, 0.717) is 21.5 Å². The number of thiazole rings is 1. The fourth-order valence-electron chi connectivity index (χ4n) is 3.26. The normalized spacial score (nSPS) is 14.5. The minimum absolute atomic E-state index is 0.156. The Morgan fingerprint density at radius 2 is 1.90 bits per heavy atom. The molecule has 0 saturated carbocycles. The van der Waals surface area contributed by atoms with Gasteiger partial charge in [0.15, 0.2) is 10.8 Å². The molecule has 0 fully saturated rings. The van der Waals surface area contributed by atoms with E-state index in [1.807, 2.05) is 32.0 Å². The Hall–Kier alpha value is -3.29. The zero-order chi connectivity index (χ0) is 22.1. The number of cyclic esters (lactones) is 1. The van der Waals surface area contributed by atoms with E-state index in [9.17, 15) is 9.59 Å². The van der Waals surface area contributed by atoms with Gasteiger partial charge in [0, 0.05) is 22.9 Å². The van der Waals surface area contributed by atoms with Crippen molar-refractivity contribution in [2.75, 3.05) is 4.90 Å². The first kappa shape index (κ1) is 21.0. The topological polar surface area (TPSA) is 71.9 Å². The van der Waals surface area contributed by atoms with Crippen LogP contribution in [0.2, 0.25) is 5.02 Å². The van der Waals surface area contributed by atoms with Crippen LogP contribution in [-0.4, -0.2) is 22.8 Å². The third-order valence-electron chi connectivity index (χ3n) is 4.46. The lowest BCUT2D eigenvalue weighted by atomic mass is 10.1. The summed E-state index contributed by atoms with van der Waals surface area (Å²) in [6, 6.07) is 12.8. The van der Waals surface area contributed by atoms with E-state index in [0.717, 1.165) is 16.7 Å². The summed E-state index contributed by atoms with van der Waals surface area (Å²) in [7, 11) is 0. The van der Waals surface area contributed by atoms with Crippen LogP contribution in [0.25, 0.3) is 6.08 Å². The smallest absolute Gasteiger partial charge is 0.363 e. The van der Waals surface area contributed by atoms with Gasteiger partial charge < -0.3 is 4.74 Å². The van der Waals surface area contributed by atoms with Gasteiger partial charge >= 0.3 is 5.97 Å². The Bertz CT molecular complexity index is 1240. The molecule has 0 atom stereocenters. The lowest BCUT2D eigenvalue weighted by molar-refractivity contribution is -0.130. The number of carbonyl (C=O) groups excluding carboxylic acids is 2. The summed E-state index contributed by atoms with van der Waals surface area (Å²) >= 11 is 7.35. The molecule has 31 heavy (non-hydrogen) atoms.